The molecule has 1 atom stereocenters. The van der Waals surface area contributed by atoms with E-state index in [0.29, 0.717) is 0 Å². The Hall–Kier alpha value is -0.780. The van der Waals surface area contributed by atoms with E-state index in [9.17, 15) is 0 Å². The van der Waals surface area contributed by atoms with Crippen LogP contribution in [-0.4, -0.2) is 0 Å². The molecule has 0 amide bonds. The molecule has 0 bridgehead atoms. The molecule has 0 aromatic heterocycles. The lowest BCUT2D eigenvalue weighted by molar-refractivity contribution is 0.553. The maximum Gasteiger partial charge on any atom is 0.00679 e. The largest absolute Gasteiger partial charge is 0.102 e. The van der Waals surface area contributed by atoms with Gasteiger partial charge in [0.15, 0.2) is 0 Å². The molecule has 0 nitrogen and oxygen atoms in total. The SMILES string of the molecule is C=CC1(C)C=CC(CC)=CC1. The van der Waals surface area contributed by atoms with Gasteiger partial charge in [-0.05, 0) is 12.8 Å². The molecule has 1 unspecified atom stereocenters. The van der Waals surface area contributed by atoms with Crippen molar-refractivity contribution in [2.45, 2.75) is 26.7 Å². The monoisotopic (exact) mass is 148 g/mol. The second-order valence-corrected chi connectivity index (χ2v) is 3.38. The molecule has 0 saturated heterocycles. The van der Waals surface area contributed by atoms with Crippen LogP contribution in [0.2, 0.25) is 0 Å². The van der Waals surface area contributed by atoms with Gasteiger partial charge in [0.2, 0.25) is 0 Å². The molecule has 0 spiro atoms. The van der Waals surface area contributed by atoms with Gasteiger partial charge in [-0.1, -0.05) is 43.7 Å². The van der Waals surface area contributed by atoms with Gasteiger partial charge < -0.3 is 0 Å². The highest BCUT2D eigenvalue weighted by Gasteiger charge is 2.17. The Balaban J connectivity index is 2.70. The third-order valence-electron chi connectivity index (χ3n) is 2.36. The zero-order valence-electron chi connectivity index (χ0n) is 7.43. The van der Waals surface area contributed by atoms with Crippen LogP contribution >= 0.6 is 0 Å². The molecule has 11 heavy (non-hydrogen) atoms. The van der Waals surface area contributed by atoms with Gasteiger partial charge >= 0.3 is 0 Å². The van der Waals surface area contributed by atoms with Gasteiger partial charge in [0.05, 0.1) is 0 Å². The highest BCUT2D eigenvalue weighted by Crippen LogP contribution is 2.30. The molecule has 0 N–H and O–H groups in total. The van der Waals surface area contributed by atoms with E-state index >= 15 is 0 Å². The minimum absolute atomic E-state index is 0.207. The third-order valence-corrected chi connectivity index (χ3v) is 2.36. The van der Waals surface area contributed by atoms with Gasteiger partial charge in [-0.15, -0.1) is 6.58 Å². The van der Waals surface area contributed by atoms with E-state index in [4.69, 9.17) is 0 Å². The lowest BCUT2D eigenvalue weighted by Crippen LogP contribution is -2.10. The Bertz CT molecular complexity index is 208. The van der Waals surface area contributed by atoms with Crippen LogP contribution in [0.3, 0.4) is 0 Å². The molecule has 0 fully saturated rings. The maximum atomic E-state index is 3.83. The van der Waals surface area contributed by atoms with Crippen molar-refractivity contribution in [1.82, 2.24) is 0 Å². The van der Waals surface area contributed by atoms with E-state index in [1.807, 2.05) is 6.08 Å². The van der Waals surface area contributed by atoms with E-state index in [1.165, 1.54) is 5.57 Å². The Morgan fingerprint density at radius 1 is 1.73 bits per heavy atom. The standard InChI is InChI=1S/C11H16/c1-4-10-6-8-11(3,5-2)9-7-10/h5-8H,2,4,9H2,1,3H3. The van der Waals surface area contributed by atoms with E-state index in [1.54, 1.807) is 0 Å². The van der Waals surface area contributed by atoms with Crippen molar-refractivity contribution in [3.05, 3.63) is 36.5 Å². The van der Waals surface area contributed by atoms with Crippen LogP contribution in [0.15, 0.2) is 36.5 Å². The molecule has 0 radical (unpaired) electrons. The van der Waals surface area contributed by atoms with Crippen molar-refractivity contribution < 1.29 is 0 Å². The second-order valence-electron chi connectivity index (χ2n) is 3.38. The Morgan fingerprint density at radius 3 is 2.82 bits per heavy atom. The van der Waals surface area contributed by atoms with Crippen LogP contribution in [0, 0.1) is 5.41 Å². The quantitative estimate of drug-likeness (QED) is 0.526. The summed E-state index contributed by atoms with van der Waals surface area (Å²) in [5.74, 6) is 0. The van der Waals surface area contributed by atoms with Crippen molar-refractivity contribution >= 4 is 0 Å². The summed E-state index contributed by atoms with van der Waals surface area (Å²) in [4.78, 5) is 0. The summed E-state index contributed by atoms with van der Waals surface area (Å²) in [6.45, 7) is 8.22. The predicted octanol–water partition coefficient (Wildman–Crippen LogP) is 3.48. The summed E-state index contributed by atoms with van der Waals surface area (Å²) >= 11 is 0. The van der Waals surface area contributed by atoms with Crippen molar-refractivity contribution in [3.8, 4) is 0 Å². The van der Waals surface area contributed by atoms with Crippen molar-refractivity contribution in [2.24, 2.45) is 5.41 Å². The number of allylic oxidation sites excluding steroid dienone is 5. The van der Waals surface area contributed by atoms with Crippen LogP contribution in [-0.2, 0) is 0 Å². The maximum absolute atomic E-state index is 3.83. The molecular weight excluding hydrogens is 132 g/mol. The summed E-state index contributed by atoms with van der Waals surface area (Å²) in [6.07, 6.45) is 11.0. The number of hydrogen-bond acceptors (Lipinski definition) is 0. The molecule has 1 aliphatic carbocycles. The average Bonchev–Trinajstić information content (AvgIpc) is 2.06. The van der Waals surface area contributed by atoms with E-state index < -0.39 is 0 Å². The van der Waals surface area contributed by atoms with Gasteiger partial charge in [0.25, 0.3) is 0 Å². The first kappa shape index (κ1) is 8.32. The third kappa shape index (κ3) is 1.83. The number of hydrogen-bond donors (Lipinski definition) is 0. The average molecular weight is 148 g/mol. The minimum Gasteiger partial charge on any atom is -0.102 e. The molecule has 0 saturated carbocycles. The molecule has 0 heterocycles. The van der Waals surface area contributed by atoms with Crippen molar-refractivity contribution in [3.63, 3.8) is 0 Å². The zero-order valence-corrected chi connectivity index (χ0v) is 7.43. The van der Waals surface area contributed by atoms with Crippen LogP contribution in [0.5, 0.6) is 0 Å². The lowest BCUT2D eigenvalue weighted by Gasteiger charge is -2.23. The van der Waals surface area contributed by atoms with Crippen LogP contribution in [0.4, 0.5) is 0 Å². The summed E-state index contributed by atoms with van der Waals surface area (Å²) < 4.78 is 0. The first-order chi connectivity index (χ1) is 5.20. The van der Waals surface area contributed by atoms with Crippen LogP contribution in [0.1, 0.15) is 26.7 Å². The van der Waals surface area contributed by atoms with E-state index in [2.05, 4.69) is 38.7 Å². The number of rotatable bonds is 2. The van der Waals surface area contributed by atoms with Crippen LogP contribution in [0.25, 0.3) is 0 Å². The lowest BCUT2D eigenvalue weighted by atomic mass is 9.82. The molecular formula is C11H16. The predicted molar refractivity (Wildman–Crippen MR) is 50.4 cm³/mol. The normalized spacial score (nSPS) is 29.8. The fourth-order valence-electron chi connectivity index (χ4n) is 1.20. The highest BCUT2D eigenvalue weighted by atomic mass is 14.2. The minimum atomic E-state index is 0.207. The topological polar surface area (TPSA) is 0 Å². The molecule has 1 rings (SSSR count). The van der Waals surface area contributed by atoms with Gasteiger partial charge in [-0.25, -0.2) is 0 Å². The van der Waals surface area contributed by atoms with E-state index in [-0.39, 0.29) is 5.41 Å². The molecule has 0 heteroatoms. The Labute approximate surface area is 69.3 Å². The smallest absolute Gasteiger partial charge is 0.00679 e. The zero-order chi connectivity index (χ0) is 8.32. The van der Waals surface area contributed by atoms with Gasteiger partial charge in [0.1, 0.15) is 0 Å². The molecule has 0 aromatic rings. The molecule has 60 valence electrons. The fraction of sp³-hybridized carbons (Fsp3) is 0.455. The Morgan fingerprint density at radius 2 is 2.45 bits per heavy atom. The van der Waals surface area contributed by atoms with Gasteiger partial charge in [-0.3, -0.25) is 0 Å². The van der Waals surface area contributed by atoms with Crippen LogP contribution < -0.4 is 0 Å². The molecule has 0 aliphatic heterocycles. The van der Waals surface area contributed by atoms with Crippen molar-refractivity contribution in [2.75, 3.05) is 0 Å². The van der Waals surface area contributed by atoms with Crippen molar-refractivity contribution in [1.29, 1.82) is 0 Å². The second kappa shape index (κ2) is 3.08. The summed E-state index contributed by atoms with van der Waals surface area (Å²) in [5, 5.41) is 0. The summed E-state index contributed by atoms with van der Waals surface area (Å²) in [6, 6.07) is 0. The Kier molecular flexibility index (Phi) is 2.33. The van der Waals surface area contributed by atoms with Gasteiger partial charge in [0, 0.05) is 5.41 Å². The first-order valence-corrected chi connectivity index (χ1v) is 4.22. The summed E-state index contributed by atoms with van der Waals surface area (Å²) in [5.41, 5.74) is 1.66. The molecule has 0 aromatic carbocycles. The molecule has 1 aliphatic rings. The fourth-order valence-corrected chi connectivity index (χ4v) is 1.20. The first-order valence-electron chi connectivity index (χ1n) is 4.22. The van der Waals surface area contributed by atoms with E-state index in [0.717, 1.165) is 12.8 Å². The summed E-state index contributed by atoms with van der Waals surface area (Å²) in [7, 11) is 0. The highest BCUT2D eigenvalue weighted by molar-refractivity contribution is 5.28. The van der Waals surface area contributed by atoms with Gasteiger partial charge in [-0.2, -0.15) is 0 Å².